The van der Waals surface area contributed by atoms with Crippen LogP contribution >= 0.6 is 11.6 Å². The minimum absolute atomic E-state index is 0.0322. The van der Waals surface area contributed by atoms with E-state index >= 15 is 0 Å². The average molecular weight is 492 g/mol. The van der Waals surface area contributed by atoms with Gasteiger partial charge in [0.15, 0.2) is 0 Å². The number of carbonyl (C=O) groups excluding carboxylic acids is 3. The minimum Gasteiger partial charge on any atom is -0.445 e. The van der Waals surface area contributed by atoms with Crippen LogP contribution in [-0.2, 0) is 27.4 Å². The summed E-state index contributed by atoms with van der Waals surface area (Å²) in [6.45, 7) is 0.719. The normalized spacial score (nSPS) is 13.9. The topological polar surface area (TPSA) is 87.7 Å². The smallest absolute Gasteiger partial charge is 0.408 e. The Kier molecular flexibility index (Phi) is 8.00. The highest BCUT2D eigenvalue weighted by Crippen LogP contribution is 2.31. The van der Waals surface area contributed by atoms with Crippen molar-refractivity contribution in [3.05, 3.63) is 95.0 Å². The maximum Gasteiger partial charge on any atom is 0.408 e. The highest BCUT2D eigenvalue weighted by atomic mass is 35.5. The maximum atomic E-state index is 13.1. The molecule has 7 nitrogen and oxygen atoms in total. The molecule has 3 amide bonds. The predicted molar refractivity (Wildman–Crippen MR) is 135 cm³/mol. The number of hydrogen-bond acceptors (Lipinski definition) is 4. The summed E-state index contributed by atoms with van der Waals surface area (Å²) in [6, 6.07) is 22.8. The molecule has 1 saturated heterocycles. The average Bonchev–Trinajstić information content (AvgIpc) is 3.29. The number of ether oxygens (including phenoxy) is 1. The van der Waals surface area contributed by atoms with E-state index in [2.05, 4.69) is 10.6 Å². The van der Waals surface area contributed by atoms with Crippen molar-refractivity contribution in [1.82, 2.24) is 5.32 Å². The van der Waals surface area contributed by atoms with Crippen LogP contribution in [0, 0.1) is 0 Å². The van der Waals surface area contributed by atoms with Crippen LogP contribution in [0.25, 0.3) is 0 Å². The molecule has 35 heavy (non-hydrogen) atoms. The molecule has 0 bridgehead atoms. The lowest BCUT2D eigenvalue weighted by molar-refractivity contribution is -0.118. The van der Waals surface area contributed by atoms with Crippen molar-refractivity contribution >= 4 is 40.9 Å². The second-order valence-electron chi connectivity index (χ2n) is 8.25. The molecule has 1 aliphatic heterocycles. The summed E-state index contributed by atoms with van der Waals surface area (Å²) in [7, 11) is 0. The fourth-order valence-electron chi connectivity index (χ4n) is 3.90. The molecule has 3 aromatic carbocycles. The van der Waals surface area contributed by atoms with E-state index in [1.807, 2.05) is 60.7 Å². The Balaban J connectivity index is 1.44. The standard InChI is InChI=1S/C27H26ClN3O4/c28-22-17-21(13-14-24(22)31-15-7-12-25(31)32)29-26(33)23(16-19-8-3-1-4-9-19)30-27(34)35-18-20-10-5-2-6-11-20/h1-6,8-11,13-14,17,23H,7,12,15-16,18H2,(H,29,33)(H,30,34). The Morgan fingerprint density at radius 3 is 2.29 bits per heavy atom. The van der Waals surface area contributed by atoms with E-state index in [1.54, 1.807) is 23.1 Å². The number of benzene rings is 3. The van der Waals surface area contributed by atoms with Gasteiger partial charge >= 0.3 is 6.09 Å². The third-order valence-electron chi connectivity index (χ3n) is 5.68. The van der Waals surface area contributed by atoms with Gasteiger partial charge in [0.1, 0.15) is 12.6 Å². The first-order valence-corrected chi connectivity index (χ1v) is 11.8. The lowest BCUT2D eigenvalue weighted by Crippen LogP contribution is -2.45. The van der Waals surface area contributed by atoms with Crippen molar-refractivity contribution in [2.75, 3.05) is 16.8 Å². The highest BCUT2D eigenvalue weighted by Gasteiger charge is 2.25. The molecule has 1 heterocycles. The number of halogens is 1. The van der Waals surface area contributed by atoms with Crippen LogP contribution in [-0.4, -0.2) is 30.5 Å². The van der Waals surface area contributed by atoms with Crippen LogP contribution in [0.4, 0.5) is 16.2 Å². The summed E-state index contributed by atoms with van der Waals surface area (Å²) in [4.78, 5) is 39.3. The van der Waals surface area contributed by atoms with Crippen molar-refractivity contribution in [2.45, 2.75) is 31.9 Å². The molecule has 2 N–H and O–H groups in total. The van der Waals surface area contributed by atoms with Gasteiger partial charge in [-0.15, -0.1) is 0 Å². The summed E-state index contributed by atoms with van der Waals surface area (Å²) in [5.74, 6) is -0.378. The van der Waals surface area contributed by atoms with Gasteiger partial charge in [0.05, 0.1) is 10.7 Å². The van der Waals surface area contributed by atoms with Crippen molar-refractivity contribution < 1.29 is 19.1 Å². The summed E-state index contributed by atoms with van der Waals surface area (Å²) < 4.78 is 5.31. The van der Waals surface area contributed by atoms with Crippen LogP contribution in [0.1, 0.15) is 24.0 Å². The van der Waals surface area contributed by atoms with Crippen molar-refractivity contribution in [3.8, 4) is 0 Å². The largest absolute Gasteiger partial charge is 0.445 e. The molecular formula is C27H26ClN3O4. The molecule has 1 unspecified atom stereocenters. The first-order chi connectivity index (χ1) is 17.0. The molecule has 8 heteroatoms. The van der Waals surface area contributed by atoms with Crippen molar-refractivity contribution in [3.63, 3.8) is 0 Å². The fourth-order valence-corrected chi connectivity index (χ4v) is 4.18. The number of nitrogens with one attached hydrogen (secondary N) is 2. The molecule has 0 aromatic heterocycles. The van der Waals surface area contributed by atoms with E-state index in [9.17, 15) is 14.4 Å². The van der Waals surface area contributed by atoms with Crippen LogP contribution < -0.4 is 15.5 Å². The second kappa shape index (κ2) is 11.5. The Morgan fingerprint density at radius 2 is 1.66 bits per heavy atom. The molecule has 1 fully saturated rings. The van der Waals surface area contributed by atoms with Crippen molar-refractivity contribution in [2.24, 2.45) is 0 Å². The van der Waals surface area contributed by atoms with E-state index in [1.165, 1.54) is 0 Å². The molecule has 1 atom stereocenters. The highest BCUT2D eigenvalue weighted by molar-refractivity contribution is 6.34. The van der Waals surface area contributed by atoms with Gasteiger partial charge in [-0.3, -0.25) is 9.59 Å². The van der Waals surface area contributed by atoms with Gasteiger partial charge in [-0.1, -0.05) is 72.3 Å². The van der Waals surface area contributed by atoms with Crippen LogP contribution in [0.15, 0.2) is 78.9 Å². The first kappa shape index (κ1) is 24.3. The van der Waals surface area contributed by atoms with E-state index in [-0.39, 0.29) is 18.9 Å². The molecule has 4 rings (SSSR count). The van der Waals surface area contributed by atoms with E-state index in [0.29, 0.717) is 29.4 Å². The van der Waals surface area contributed by atoms with Gasteiger partial charge in [-0.25, -0.2) is 4.79 Å². The van der Waals surface area contributed by atoms with Gasteiger partial charge < -0.3 is 20.3 Å². The minimum atomic E-state index is -0.876. The van der Waals surface area contributed by atoms with Crippen LogP contribution in [0.5, 0.6) is 0 Å². The van der Waals surface area contributed by atoms with E-state index in [4.69, 9.17) is 16.3 Å². The molecule has 180 valence electrons. The number of carbonyl (C=O) groups is 3. The van der Waals surface area contributed by atoms with Gasteiger partial charge in [-0.2, -0.15) is 0 Å². The number of alkyl carbamates (subject to hydrolysis) is 1. The lowest BCUT2D eigenvalue weighted by Gasteiger charge is -2.20. The van der Waals surface area contributed by atoms with Gasteiger partial charge in [0.25, 0.3) is 0 Å². The summed E-state index contributed by atoms with van der Waals surface area (Å²) >= 11 is 6.42. The Labute approximate surface area is 209 Å². The second-order valence-corrected chi connectivity index (χ2v) is 8.66. The van der Waals surface area contributed by atoms with Crippen molar-refractivity contribution in [1.29, 1.82) is 0 Å². The SMILES string of the molecule is O=C(NC(Cc1ccccc1)C(=O)Nc1ccc(N2CCCC2=O)c(Cl)c1)OCc1ccccc1. The Hall–Kier alpha value is -3.84. The zero-order valence-corrected chi connectivity index (χ0v) is 19.8. The predicted octanol–water partition coefficient (Wildman–Crippen LogP) is 4.94. The third-order valence-corrected chi connectivity index (χ3v) is 5.99. The Morgan fingerprint density at radius 1 is 0.971 bits per heavy atom. The molecule has 1 aliphatic rings. The molecular weight excluding hydrogens is 466 g/mol. The number of rotatable bonds is 8. The van der Waals surface area contributed by atoms with E-state index < -0.39 is 18.0 Å². The quantitative estimate of drug-likeness (QED) is 0.467. The number of hydrogen-bond donors (Lipinski definition) is 2. The molecule has 0 spiro atoms. The summed E-state index contributed by atoms with van der Waals surface area (Å²) in [6.07, 6.45) is 0.884. The zero-order valence-electron chi connectivity index (χ0n) is 19.1. The number of nitrogens with zero attached hydrogens (tertiary/aromatic N) is 1. The van der Waals surface area contributed by atoms with Gasteiger partial charge in [0, 0.05) is 25.1 Å². The first-order valence-electron chi connectivity index (χ1n) is 11.4. The Bertz CT molecular complexity index is 1190. The molecule has 3 aromatic rings. The number of anilines is 2. The zero-order chi connectivity index (χ0) is 24.6. The number of amides is 3. The maximum absolute atomic E-state index is 13.1. The van der Waals surface area contributed by atoms with Crippen LogP contribution in [0.2, 0.25) is 5.02 Å². The third kappa shape index (κ3) is 6.61. The molecule has 0 radical (unpaired) electrons. The summed E-state index contributed by atoms with van der Waals surface area (Å²) in [5, 5.41) is 5.86. The molecule has 0 saturated carbocycles. The summed E-state index contributed by atoms with van der Waals surface area (Å²) in [5.41, 5.74) is 2.82. The monoisotopic (exact) mass is 491 g/mol. The van der Waals surface area contributed by atoms with Gasteiger partial charge in [0.2, 0.25) is 11.8 Å². The van der Waals surface area contributed by atoms with Gasteiger partial charge in [-0.05, 0) is 35.7 Å². The fraction of sp³-hybridized carbons (Fsp3) is 0.222. The van der Waals surface area contributed by atoms with E-state index in [0.717, 1.165) is 17.5 Å². The molecule has 0 aliphatic carbocycles. The lowest BCUT2D eigenvalue weighted by atomic mass is 10.1. The van der Waals surface area contributed by atoms with Crippen LogP contribution in [0.3, 0.4) is 0 Å².